The molecule has 2 amide bonds. The lowest BCUT2D eigenvalue weighted by atomic mass is 9.87. The first-order valence-electron chi connectivity index (χ1n) is 11.1. The van der Waals surface area contributed by atoms with E-state index in [1.165, 1.54) is 14.0 Å². The molecule has 10 nitrogen and oxygen atoms in total. The molecule has 202 valence electrons. The van der Waals surface area contributed by atoms with E-state index in [4.69, 9.17) is 14.3 Å². The summed E-state index contributed by atoms with van der Waals surface area (Å²) in [4.78, 5) is 29.2. The number of hydrogen-bond acceptors (Lipinski definition) is 8. The van der Waals surface area contributed by atoms with Gasteiger partial charge >= 0.3 is 0 Å². The molecule has 14 heteroatoms. The number of ether oxygens (including phenoxy) is 2. The molecule has 0 fully saturated rings. The van der Waals surface area contributed by atoms with Crippen LogP contribution in [0.4, 0.5) is 0 Å². The van der Waals surface area contributed by atoms with Gasteiger partial charge in [-0.05, 0) is 93.9 Å². The van der Waals surface area contributed by atoms with Crippen molar-refractivity contribution in [2.75, 3.05) is 26.8 Å². The van der Waals surface area contributed by atoms with Crippen molar-refractivity contribution in [2.24, 2.45) is 5.16 Å². The second-order valence-corrected chi connectivity index (χ2v) is 11.7. The highest BCUT2D eigenvalue weighted by molar-refractivity contribution is 9.12. The number of halogens is 4. The molecular weight excluding hydrogens is 750 g/mol. The van der Waals surface area contributed by atoms with E-state index in [-0.39, 0.29) is 24.6 Å². The van der Waals surface area contributed by atoms with Crippen molar-refractivity contribution in [3.05, 3.63) is 47.4 Å². The average Bonchev–Trinajstić information content (AvgIpc) is 3.27. The minimum Gasteiger partial charge on any atom is -0.495 e. The van der Waals surface area contributed by atoms with E-state index in [0.717, 1.165) is 0 Å². The number of allylic oxidation sites excluding steroid dienone is 1. The van der Waals surface area contributed by atoms with Gasteiger partial charge in [-0.25, -0.2) is 0 Å². The molecule has 1 aliphatic heterocycles. The van der Waals surface area contributed by atoms with E-state index in [2.05, 4.69) is 79.5 Å². The first-order valence-corrected chi connectivity index (χ1v) is 14.2. The van der Waals surface area contributed by atoms with Crippen LogP contribution in [-0.2, 0) is 19.2 Å². The molecule has 4 N–H and O–H groups in total. The van der Waals surface area contributed by atoms with Gasteiger partial charge in [-0.2, -0.15) is 0 Å². The van der Waals surface area contributed by atoms with Crippen LogP contribution < -0.4 is 15.4 Å². The van der Waals surface area contributed by atoms with Gasteiger partial charge in [-0.3, -0.25) is 9.59 Å². The molecule has 1 aliphatic carbocycles. The molecule has 0 bridgehead atoms. The number of benzene rings is 1. The third-order valence-corrected chi connectivity index (χ3v) is 8.11. The number of nitrogens with zero attached hydrogens (tertiary/aromatic N) is 1. The zero-order valence-electron chi connectivity index (χ0n) is 19.8. The smallest absolute Gasteiger partial charge is 0.269 e. The van der Waals surface area contributed by atoms with Crippen LogP contribution in [0, 0.1) is 0 Å². The molecule has 1 aromatic carbocycles. The number of nitrogens with one attached hydrogen (secondary N) is 2. The Hall–Kier alpha value is -1.45. The minimum absolute atomic E-state index is 0.0811. The molecule has 1 unspecified atom stereocenters. The lowest BCUT2D eigenvalue weighted by Gasteiger charge is -2.33. The van der Waals surface area contributed by atoms with Gasteiger partial charge in [0.25, 0.3) is 5.91 Å². The number of hydrogen-bond donors (Lipinski definition) is 4. The standard InChI is InChI=1S/C23H25Br4N3O7/c1-11(31)29-10-17(32)12-6-13(24)19(14(25)7-12)36-5-3-4-28-22(34)16-9-23(37-30-16)8-15(26)20(35-2)18(27)21(23)33/h6-8,17,21,32-33H,3-5,9-10H2,1-2H3,(H,28,34)(H,29,31)/t17?,21-,23+/m0/s1. The summed E-state index contributed by atoms with van der Waals surface area (Å²) in [6, 6.07) is 3.44. The summed E-state index contributed by atoms with van der Waals surface area (Å²) in [7, 11) is 1.48. The number of aliphatic hydroxyl groups excluding tert-OH is 2. The Balaban J connectivity index is 1.47. The fourth-order valence-corrected chi connectivity index (χ4v) is 6.88. The summed E-state index contributed by atoms with van der Waals surface area (Å²) < 4.78 is 13.3. The second-order valence-electron chi connectivity index (χ2n) is 8.26. The van der Waals surface area contributed by atoms with Crippen molar-refractivity contribution >= 4 is 81.2 Å². The molecule has 0 aromatic heterocycles. The monoisotopic (exact) mass is 771 g/mol. The van der Waals surface area contributed by atoms with E-state index in [0.29, 0.717) is 54.6 Å². The van der Waals surface area contributed by atoms with Gasteiger partial charge in [0.05, 0.1) is 37.7 Å². The summed E-state index contributed by atoms with van der Waals surface area (Å²) >= 11 is 13.6. The molecular formula is C23H25Br4N3O7. The zero-order valence-corrected chi connectivity index (χ0v) is 26.2. The van der Waals surface area contributed by atoms with Gasteiger partial charge < -0.3 is 35.2 Å². The number of amides is 2. The van der Waals surface area contributed by atoms with Crippen LogP contribution in [0.1, 0.15) is 31.4 Å². The number of carbonyl (C=O) groups is 2. The van der Waals surface area contributed by atoms with Gasteiger partial charge in [0.2, 0.25) is 5.91 Å². The Morgan fingerprint density at radius 3 is 2.54 bits per heavy atom. The normalized spacial score (nSPS) is 21.7. The van der Waals surface area contributed by atoms with Crippen LogP contribution in [-0.4, -0.2) is 66.3 Å². The molecule has 3 atom stereocenters. The Labute approximate surface area is 247 Å². The maximum Gasteiger partial charge on any atom is 0.269 e. The lowest BCUT2D eigenvalue weighted by Crippen LogP contribution is -2.45. The van der Waals surface area contributed by atoms with Gasteiger partial charge in [-0.1, -0.05) is 5.16 Å². The maximum atomic E-state index is 12.6. The van der Waals surface area contributed by atoms with Crippen molar-refractivity contribution in [2.45, 2.75) is 37.6 Å². The van der Waals surface area contributed by atoms with Crippen LogP contribution in [0.15, 0.2) is 47.0 Å². The highest BCUT2D eigenvalue weighted by Crippen LogP contribution is 2.44. The first kappa shape index (κ1) is 30.1. The zero-order chi connectivity index (χ0) is 27.3. The molecule has 0 saturated carbocycles. The van der Waals surface area contributed by atoms with Crippen LogP contribution in [0.3, 0.4) is 0 Å². The molecule has 1 spiro atoms. The number of carbonyl (C=O) groups excluding carboxylic acids is 2. The Kier molecular flexibility index (Phi) is 10.6. The SMILES string of the molecule is COC1=C(Br)[C@H](O)[C@@]2(C=C1Br)CC(C(=O)NCCCOc1c(Br)cc(C(O)CNC(C)=O)cc1Br)=NO2. The molecule has 37 heavy (non-hydrogen) atoms. The summed E-state index contributed by atoms with van der Waals surface area (Å²) in [5.41, 5.74) is -0.442. The second kappa shape index (κ2) is 13.1. The number of aliphatic hydroxyl groups is 2. The van der Waals surface area contributed by atoms with Crippen molar-refractivity contribution in [3.8, 4) is 5.75 Å². The Morgan fingerprint density at radius 1 is 1.24 bits per heavy atom. The van der Waals surface area contributed by atoms with E-state index >= 15 is 0 Å². The van der Waals surface area contributed by atoms with Crippen LogP contribution in [0.25, 0.3) is 0 Å². The molecule has 3 rings (SSSR count). The Morgan fingerprint density at radius 2 is 1.92 bits per heavy atom. The maximum absolute atomic E-state index is 12.6. The van der Waals surface area contributed by atoms with Crippen molar-refractivity contribution in [1.82, 2.24) is 10.6 Å². The summed E-state index contributed by atoms with van der Waals surface area (Å²) in [5, 5.41) is 30.2. The topological polar surface area (TPSA) is 139 Å². The number of rotatable bonds is 10. The number of methoxy groups -OCH3 is 1. The summed E-state index contributed by atoms with van der Waals surface area (Å²) in [6.07, 6.45) is 0.265. The summed E-state index contributed by atoms with van der Waals surface area (Å²) in [5.74, 6) is 0.369. The van der Waals surface area contributed by atoms with E-state index in [1.807, 2.05) is 0 Å². The van der Waals surface area contributed by atoms with Gasteiger partial charge in [-0.15, -0.1) is 0 Å². The molecule has 1 aromatic rings. The van der Waals surface area contributed by atoms with Gasteiger partial charge in [0, 0.05) is 26.4 Å². The lowest BCUT2D eigenvalue weighted by molar-refractivity contribution is -0.119. The third kappa shape index (κ3) is 7.15. The van der Waals surface area contributed by atoms with Crippen molar-refractivity contribution in [1.29, 1.82) is 0 Å². The summed E-state index contributed by atoms with van der Waals surface area (Å²) in [6.45, 7) is 2.12. The fourth-order valence-electron chi connectivity index (χ4n) is 3.64. The molecule has 0 saturated heterocycles. The minimum atomic E-state index is -1.21. The quantitative estimate of drug-likeness (QED) is 0.266. The fraction of sp³-hybridized carbons (Fsp3) is 0.435. The van der Waals surface area contributed by atoms with Crippen molar-refractivity contribution < 1.29 is 34.1 Å². The highest BCUT2D eigenvalue weighted by atomic mass is 79.9. The van der Waals surface area contributed by atoms with Crippen LogP contribution >= 0.6 is 63.7 Å². The van der Waals surface area contributed by atoms with Crippen LogP contribution in [0.5, 0.6) is 5.75 Å². The molecule has 0 radical (unpaired) electrons. The first-order chi connectivity index (χ1) is 17.5. The van der Waals surface area contributed by atoms with Gasteiger partial charge in [0.1, 0.15) is 23.3 Å². The molecule has 1 heterocycles. The predicted octanol–water partition coefficient (Wildman–Crippen LogP) is 3.69. The molecule has 2 aliphatic rings. The van der Waals surface area contributed by atoms with Crippen LogP contribution in [0.2, 0.25) is 0 Å². The van der Waals surface area contributed by atoms with Gasteiger partial charge in [0.15, 0.2) is 5.60 Å². The third-order valence-electron chi connectivity index (χ3n) is 5.55. The van der Waals surface area contributed by atoms with E-state index in [1.54, 1.807) is 18.2 Å². The predicted molar refractivity (Wildman–Crippen MR) is 150 cm³/mol. The van der Waals surface area contributed by atoms with E-state index < -0.39 is 23.7 Å². The number of oxime groups is 1. The average molecular weight is 775 g/mol. The van der Waals surface area contributed by atoms with E-state index in [9.17, 15) is 19.8 Å². The Bertz CT molecular complexity index is 1130. The largest absolute Gasteiger partial charge is 0.495 e. The van der Waals surface area contributed by atoms with Crippen molar-refractivity contribution in [3.63, 3.8) is 0 Å². The highest BCUT2D eigenvalue weighted by Gasteiger charge is 2.50.